The van der Waals surface area contributed by atoms with Gasteiger partial charge in [-0.3, -0.25) is 10.1 Å². The average Bonchev–Trinajstić information content (AvgIpc) is 3.31. The first kappa shape index (κ1) is 24.1. The van der Waals surface area contributed by atoms with Crippen LogP contribution < -0.4 is 9.47 Å². The fourth-order valence-corrected chi connectivity index (χ4v) is 3.52. The summed E-state index contributed by atoms with van der Waals surface area (Å²) in [6, 6.07) is 18.0. The first-order valence-corrected chi connectivity index (χ1v) is 10.8. The number of ether oxygens (including phenoxy) is 2. The minimum Gasteiger partial charge on any atom is -0.504 e. The maximum absolute atomic E-state index is 11.3. The third kappa shape index (κ3) is 5.36. The van der Waals surface area contributed by atoms with E-state index in [2.05, 4.69) is 5.10 Å². The molecule has 0 unspecified atom stereocenters. The van der Waals surface area contributed by atoms with E-state index >= 15 is 0 Å². The molecule has 9 heteroatoms. The van der Waals surface area contributed by atoms with E-state index in [9.17, 15) is 20.3 Å². The number of benzene rings is 3. The molecule has 4 aromatic rings. The van der Waals surface area contributed by atoms with E-state index in [0.717, 1.165) is 11.1 Å². The molecule has 9 nitrogen and oxygen atoms in total. The highest BCUT2D eigenvalue weighted by Gasteiger charge is 2.11. The Morgan fingerprint density at radius 1 is 0.833 bits per heavy atom. The molecular weight excluding hydrogens is 462 g/mol. The zero-order valence-electron chi connectivity index (χ0n) is 19.5. The SMILES string of the molecule is COc1cc(/C=C/c2cc(/C=C/c3ccc(O)c(OC)c3)n(-c3cccc([N+](=O)[O-])c3)n2)ccc1O. The van der Waals surface area contributed by atoms with Crippen molar-refractivity contribution in [1.82, 2.24) is 9.78 Å². The molecule has 0 aliphatic rings. The molecule has 182 valence electrons. The van der Waals surface area contributed by atoms with Gasteiger partial charge < -0.3 is 19.7 Å². The van der Waals surface area contributed by atoms with Crippen LogP contribution in [0.15, 0.2) is 66.7 Å². The predicted octanol–water partition coefficient (Wildman–Crippen LogP) is 5.55. The molecule has 0 fully saturated rings. The number of aromatic nitrogens is 2. The molecule has 0 saturated carbocycles. The molecule has 0 saturated heterocycles. The molecule has 4 rings (SSSR count). The summed E-state index contributed by atoms with van der Waals surface area (Å²) >= 11 is 0. The van der Waals surface area contributed by atoms with Crippen LogP contribution >= 0.6 is 0 Å². The molecule has 0 atom stereocenters. The van der Waals surface area contributed by atoms with Gasteiger partial charge in [-0.2, -0.15) is 5.10 Å². The standard InChI is InChI=1S/C27H23N3O6/c1-35-26-14-18(8-12-24(26)31)6-10-20-16-22(11-7-19-9-13-25(32)27(15-19)36-2)29(28-20)21-4-3-5-23(17-21)30(33)34/h3-17,31-32H,1-2H3/b10-6+,11-7+. The average molecular weight is 485 g/mol. The molecule has 0 radical (unpaired) electrons. The van der Waals surface area contributed by atoms with Crippen molar-refractivity contribution in [1.29, 1.82) is 0 Å². The Morgan fingerprint density at radius 3 is 2.03 bits per heavy atom. The second-order valence-corrected chi connectivity index (χ2v) is 7.71. The van der Waals surface area contributed by atoms with Crippen LogP contribution in [0.2, 0.25) is 0 Å². The smallest absolute Gasteiger partial charge is 0.271 e. The number of nitrogens with zero attached hydrogens (tertiary/aromatic N) is 3. The summed E-state index contributed by atoms with van der Waals surface area (Å²) in [5.41, 5.74) is 3.34. The monoisotopic (exact) mass is 485 g/mol. The predicted molar refractivity (Wildman–Crippen MR) is 137 cm³/mol. The van der Waals surface area contributed by atoms with E-state index in [1.54, 1.807) is 53.2 Å². The highest BCUT2D eigenvalue weighted by Crippen LogP contribution is 2.29. The minimum absolute atomic E-state index is 0.0366. The Kier molecular flexibility index (Phi) is 7.01. The summed E-state index contributed by atoms with van der Waals surface area (Å²) in [5, 5.41) is 35.6. The molecule has 0 spiro atoms. The van der Waals surface area contributed by atoms with Gasteiger partial charge in [-0.1, -0.05) is 30.4 Å². The van der Waals surface area contributed by atoms with Crippen LogP contribution in [0.3, 0.4) is 0 Å². The Hall–Kier alpha value is -5.05. The van der Waals surface area contributed by atoms with E-state index < -0.39 is 4.92 Å². The zero-order valence-corrected chi connectivity index (χ0v) is 19.5. The Morgan fingerprint density at radius 2 is 1.44 bits per heavy atom. The van der Waals surface area contributed by atoms with E-state index in [1.807, 2.05) is 24.3 Å². The van der Waals surface area contributed by atoms with Gasteiger partial charge in [0.25, 0.3) is 5.69 Å². The van der Waals surface area contributed by atoms with Crippen molar-refractivity contribution < 1.29 is 24.6 Å². The third-order valence-electron chi connectivity index (χ3n) is 5.34. The second kappa shape index (κ2) is 10.5. The van der Waals surface area contributed by atoms with Crippen LogP contribution in [0.25, 0.3) is 30.0 Å². The molecule has 36 heavy (non-hydrogen) atoms. The third-order valence-corrected chi connectivity index (χ3v) is 5.34. The van der Waals surface area contributed by atoms with Gasteiger partial charge in [0.2, 0.25) is 0 Å². The molecule has 2 N–H and O–H groups in total. The Balaban J connectivity index is 1.73. The summed E-state index contributed by atoms with van der Waals surface area (Å²) in [6.45, 7) is 0. The van der Waals surface area contributed by atoms with Gasteiger partial charge in [0.1, 0.15) is 0 Å². The number of hydrogen-bond donors (Lipinski definition) is 2. The van der Waals surface area contributed by atoms with Crippen LogP contribution in [-0.2, 0) is 0 Å². The van der Waals surface area contributed by atoms with Crippen molar-refractivity contribution in [3.63, 3.8) is 0 Å². The molecule has 0 amide bonds. The Bertz CT molecular complexity index is 1470. The van der Waals surface area contributed by atoms with Gasteiger partial charge in [0, 0.05) is 12.1 Å². The van der Waals surface area contributed by atoms with Gasteiger partial charge in [-0.25, -0.2) is 4.68 Å². The number of nitro benzene ring substituents is 1. The highest BCUT2D eigenvalue weighted by molar-refractivity contribution is 5.74. The zero-order chi connectivity index (χ0) is 25.7. The summed E-state index contributed by atoms with van der Waals surface area (Å²) in [4.78, 5) is 10.8. The second-order valence-electron chi connectivity index (χ2n) is 7.71. The fraction of sp³-hybridized carbons (Fsp3) is 0.0741. The lowest BCUT2D eigenvalue weighted by Crippen LogP contribution is -2.00. The largest absolute Gasteiger partial charge is 0.504 e. The van der Waals surface area contributed by atoms with Gasteiger partial charge in [-0.15, -0.1) is 0 Å². The Labute approximate surface area is 206 Å². The summed E-state index contributed by atoms with van der Waals surface area (Å²) < 4.78 is 11.9. The van der Waals surface area contributed by atoms with Crippen LogP contribution in [-0.4, -0.2) is 39.1 Å². The summed E-state index contributed by atoms with van der Waals surface area (Å²) in [6.07, 6.45) is 7.25. The van der Waals surface area contributed by atoms with Gasteiger partial charge in [0.05, 0.1) is 36.2 Å². The number of nitro groups is 1. The van der Waals surface area contributed by atoms with Gasteiger partial charge >= 0.3 is 0 Å². The highest BCUT2D eigenvalue weighted by atomic mass is 16.6. The molecule has 0 bridgehead atoms. The summed E-state index contributed by atoms with van der Waals surface area (Å²) in [5.74, 6) is 0.780. The van der Waals surface area contributed by atoms with Gasteiger partial charge in [-0.05, 0) is 59.7 Å². The lowest BCUT2D eigenvalue weighted by molar-refractivity contribution is -0.384. The molecule has 1 aromatic heterocycles. The number of phenolic OH excluding ortho intramolecular Hbond substituents is 2. The van der Waals surface area contributed by atoms with E-state index in [0.29, 0.717) is 28.6 Å². The molecule has 0 aliphatic carbocycles. The first-order chi connectivity index (χ1) is 17.4. The fourth-order valence-electron chi connectivity index (χ4n) is 3.52. The molecule has 0 aliphatic heterocycles. The first-order valence-electron chi connectivity index (χ1n) is 10.8. The van der Waals surface area contributed by atoms with Crippen LogP contribution in [0.4, 0.5) is 5.69 Å². The number of non-ortho nitro benzene ring substituents is 1. The van der Waals surface area contributed by atoms with Crippen molar-refractivity contribution in [3.05, 3.63) is 99.4 Å². The number of rotatable bonds is 8. The number of phenols is 2. The maximum atomic E-state index is 11.3. The van der Waals surface area contributed by atoms with Gasteiger partial charge in [0.15, 0.2) is 23.0 Å². The van der Waals surface area contributed by atoms with E-state index in [4.69, 9.17) is 9.47 Å². The molecule has 1 heterocycles. The van der Waals surface area contributed by atoms with Crippen LogP contribution in [0, 0.1) is 10.1 Å². The van der Waals surface area contributed by atoms with Crippen molar-refractivity contribution >= 4 is 30.0 Å². The normalized spacial score (nSPS) is 11.3. The number of methoxy groups -OCH3 is 2. The topological polar surface area (TPSA) is 120 Å². The quantitative estimate of drug-likeness (QED) is 0.248. The van der Waals surface area contributed by atoms with Crippen molar-refractivity contribution in [2.24, 2.45) is 0 Å². The van der Waals surface area contributed by atoms with Crippen LogP contribution in [0.1, 0.15) is 22.5 Å². The lowest BCUT2D eigenvalue weighted by Gasteiger charge is -2.05. The van der Waals surface area contributed by atoms with Crippen molar-refractivity contribution in [2.75, 3.05) is 14.2 Å². The minimum atomic E-state index is -0.454. The van der Waals surface area contributed by atoms with Crippen molar-refractivity contribution in [2.45, 2.75) is 0 Å². The van der Waals surface area contributed by atoms with Crippen LogP contribution in [0.5, 0.6) is 23.0 Å². The molecular formula is C27H23N3O6. The van der Waals surface area contributed by atoms with E-state index in [1.165, 1.54) is 32.4 Å². The molecule has 3 aromatic carbocycles. The van der Waals surface area contributed by atoms with Crippen molar-refractivity contribution in [3.8, 4) is 28.7 Å². The van der Waals surface area contributed by atoms with E-state index in [-0.39, 0.29) is 17.2 Å². The summed E-state index contributed by atoms with van der Waals surface area (Å²) in [7, 11) is 2.95. The lowest BCUT2D eigenvalue weighted by atomic mass is 10.1. The number of hydrogen-bond acceptors (Lipinski definition) is 7. The number of aromatic hydroxyl groups is 2. The maximum Gasteiger partial charge on any atom is 0.271 e.